The summed E-state index contributed by atoms with van der Waals surface area (Å²) < 4.78 is 22.0. The molecule has 7 heteroatoms. The molecule has 3 aromatic carbocycles. The summed E-state index contributed by atoms with van der Waals surface area (Å²) in [5.41, 5.74) is 0.347. The molecule has 0 radical (unpaired) electrons. The Hall–Kier alpha value is -4.13. The SMILES string of the molecule is C=CC(=O)OCCOc1ccc(C(=O)Oc2ccc(OC(=O)C3CCC(CCCC)CC3)c3ccccc23)cc1. The molecule has 1 aliphatic carbocycles. The van der Waals surface area contributed by atoms with E-state index in [4.69, 9.17) is 18.9 Å². The number of hydrogen-bond acceptors (Lipinski definition) is 7. The Morgan fingerprint density at radius 3 is 2.12 bits per heavy atom. The highest BCUT2D eigenvalue weighted by atomic mass is 16.6. The van der Waals surface area contributed by atoms with E-state index in [9.17, 15) is 14.4 Å². The van der Waals surface area contributed by atoms with Gasteiger partial charge in [0.2, 0.25) is 0 Å². The van der Waals surface area contributed by atoms with Gasteiger partial charge in [0.25, 0.3) is 0 Å². The fraction of sp³-hybridized carbons (Fsp3) is 0.364. The lowest BCUT2D eigenvalue weighted by atomic mass is 9.80. The van der Waals surface area contributed by atoms with Crippen LogP contribution in [0, 0.1) is 11.8 Å². The van der Waals surface area contributed by atoms with E-state index in [-0.39, 0.29) is 25.1 Å². The number of hydrogen-bond donors (Lipinski definition) is 0. The van der Waals surface area contributed by atoms with Gasteiger partial charge in [-0.3, -0.25) is 4.79 Å². The first-order valence-corrected chi connectivity index (χ1v) is 14.0. The molecule has 0 saturated heterocycles. The van der Waals surface area contributed by atoms with Crippen LogP contribution in [0.15, 0.2) is 73.3 Å². The van der Waals surface area contributed by atoms with Gasteiger partial charge in [0.05, 0.1) is 11.5 Å². The monoisotopic (exact) mass is 544 g/mol. The van der Waals surface area contributed by atoms with Crippen molar-refractivity contribution in [2.75, 3.05) is 13.2 Å². The van der Waals surface area contributed by atoms with Gasteiger partial charge in [-0.15, -0.1) is 0 Å². The van der Waals surface area contributed by atoms with Crippen molar-refractivity contribution in [1.82, 2.24) is 0 Å². The predicted molar refractivity (Wildman–Crippen MR) is 153 cm³/mol. The summed E-state index contributed by atoms with van der Waals surface area (Å²) in [5.74, 6) is 0.777. The standard InChI is InChI=1S/C33H36O7/c1-3-5-8-23-11-13-24(14-12-23)32(35)39-29-19-20-30(28-10-7-6-9-27(28)29)40-33(36)25-15-17-26(18-16-25)37-21-22-38-31(34)4-2/h4,6-7,9-10,15-20,23-24H,2-3,5,8,11-14,21-22H2,1H3. The number of esters is 3. The van der Waals surface area contributed by atoms with E-state index in [2.05, 4.69) is 13.5 Å². The molecule has 1 fully saturated rings. The maximum Gasteiger partial charge on any atom is 0.343 e. The first kappa shape index (κ1) is 28.9. The third-order valence-electron chi connectivity index (χ3n) is 7.26. The minimum absolute atomic E-state index is 0.0803. The number of carbonyl (C=O) groups excluding carboxylic acids is 3. The molecule has 7 nitrogen and oxygen atoms in total. The highest BCUT2D eigenvalue weighted by molar-refractivity contribution is 5.98. The van der Waals surface area contributed by atoms with Gasteiger partial charge in [-0.2, -0.15) is 0 Å². The van der Waals surface area contributed by atoms with Crippen molar-refractivity contribution in [3.63, 3.8) is 0 Å². The number of rotatable bonds is 12. The van der Waals surface area contributed by atoms with Gasteiger partial charge in [-0.1, -0.05) is 57.0 Å². The number of fused-ring (bicyclic) bond motifs is 1. The van der Waals surface area contributed by atoms with E-state index < -0.39 is 11.9 Å². The quantitative estimate of drug-likeness (QED) is 0.104. The highest BCUT2D eigenvalue weighted by Crippen LogP contribution is 2.36. The number of unbranched alkanes of at least 4 members (excludes halogenated alkanes) is 1. The second-order valence-electron chi connectivity index (χ2n) is 10.0. The molecule has 0 heterocycles. The second kappa shape index (κ2) is 14.3. The Morgan fingerprint density at radius 2 is 1.50 bits per heavy atom. The average molecular weight is 545 g/mol. The van der Waals surface area contributed by atoms with Crippen LogP contribution in [-0.4, -0.2) is 31.1 Å². The Balaban J connectivity index is 1.37. The van der Waals surface area contributed by atoms with Gasteiger partial charge in [0.1, 0.15) is 30.5 Å². The highest BCUT2D eigenvalue weighted by Gasteiger charge is 2.28. The van der Waals surface area contributed by atoms with Crippen molar-refractivity contribution in [3.05, 3.63) is 78.9 Å². The van der Waals surface area contributed by atoms with Gasteiger partial charge >= 0.3 is 17.9 Å². The van der Waals surface area contributed by atoms with Gasteiger partial charge in [0.15, 0.2) is 0 Å². The van der Waals surface area contributed by atoms with Crippen LogP contribution < -0.4 is 14.2 Å². The molecule has 0 unspecified atom stereocenters. The first-order valence-electron chi connectivity index (χ1n) is 14.0. The zero-order valence-corrected chi connectivity index (χ0v) is 22.9. The molecule has 0 aliphatic heterocycles. The van der Waals surface area contributed by atoms with E-state index >= 15 is 0 Å². The summed E-state index contributed by atoms with van der Waals surface area (Å²) in [7, 11) is 0. The molecule has 0 aromatic heterocycles. The molecular weight excluding hydrogens is 508 g/mol. The smallest absolute Gasteiger partial charge is 0.343 e. The molecule has 0 amide bonds. The van der Waals surface area contributed by atoms with Crippen molar-refractivity contribution < 1.29 is 33.3 Å². The summed E-state index contributed by atoms with van der Waals surface area (Å²) in [6, 6.07) is 17.2. The molecule has 0 N–H and O–H groups in total. The van der Waals surface area contributed by atoms with Crippen LogP contribution >= 0.6 is 0 Å². The molecular formula is C33H36O7. The van der Waals surface area contributed by atoms with E-state index in [1.54, 1.807) is 36.4 Å². The summed E-state index contributed by atoms with van der Waals surface area (Å²) >= 11 is 0. The lowest BCUT2D eigenvalue weighted by Gasteiger charge is -2.27. The van der Waals surface area contributed by atoms with Crippen molar-refractivity contribution in [2.45, 2.75) is 51.9 Å². The van der Waals surface area contributed by atoms with Gasteiger partial charge in [-0.25, -0.2) is 9.59 Å². The van der Waals surface area contributed by atoms with Crippen LogP contribution in [0.1, 0.15) is 62.2 Å². The minimum Gasteiger partial charge on any atom is -0.490 e. The lowest BCUT2D eigenvalue weighted by Crippen LogP contribution is -2.25. The summed E-state index contributed by atoms with van der Waals surface area (Å²) in [5, 5.41) is 1.39. The predicted octanol–water partition coefficient (Wildman–Crippen LogP) is 7.07. The number of benzene rings is 3. The molecule has 3 aromatic rings. The van der Waals surface area contributed by atoms with Crippen LogP contribution in [-0.2, 0) is 14.3 Å². The van der Waals surface area contributed by atoms with Gasteiger partial charge in [0, 0.05) is 16.8 Å². The molecule has 4 rings (SSSR count). The van der Waals surface area contributed by atoms with Crippen molar-refractivity contribution in [3.8, 4) is 17.2 Å². The topological polar surface area (TPSA) is 88.1 Å². The largest absolute Gasteiger partial charge is 0.490 e. The van der Waals surface area contributed by atoms with Crippen LogP contribution in [0.2, 0.25) is 0 Å². The molecule has 210 valence electrons. The third kappa shape index (κ3) is 7.72. The number of ether oxygens (including phenoxy) is 4. The molecule has 40 heavy (non-hydrogen) atoms. The van der Waals surface area contributed by atoms with Crippen LogP contribution in [0.4, 0.5) is 0 Å². The first-order chi connectivity index (χ1) is 19.5. The summed E-state index contributed by atoms with van der Waals surface area (Å²) in [4.78, 5) is 36.9. The van der Waals surface area contributed by atoms with E-state index in [0.29, 0.717) is 33.6 Å². The maximum atomic E-state index is 13.0. The Kier molecular flexibility index (Phi) is 10.3. The fourth-order valence-electron chi connectivity index (χ4n) is 5.00. The number of carbonyl (C=O) groups is 3. The Bertz CT molecular complexity index is 1320. The minimum atomic E-state index is -0.527. The molecule has 1 saturated carbocycles. The van der Waals surface area contributed by atoms with E-state index in [1.165, 1.54) is 19.3 Å². The van der Waals surface area contributed by atoms with Crippen molar-refractivity contribution >= 4 is 28.7 Å². The van der Waals surface area contributed by atoms with E-state index in [1.807, 2.05) is 24.3 Å². The molecule has 0 bridgehead atoms. The van der Waals surface area contributed by atoms with Crippen molar-refractivity contribution in [2.24, 2.45) is 11.8 Å². The third-order valence-corrected chi connectivity index (χ3v) is 7.26. The second-order valence-corrected chi connectivity index (χ2v) is 10.0. The van der Waals surface area contributed by atoms with Crippen LogP contribution in [0.5, 0.6) is 17.2 Å². The lowest BCUT2D eigenvalue weighted by molar-refractivity contribution is -0.140. The van der Waals surface area contributed by atoms with Crippen LogP contribution in [0.3, 0.4) is 0 Å². The van der Waals surface area contributed by atoms with E-state index in [0.717, 1.165) is 37.7 Å². The average Bonchev–Trinajstić information content (AvgIpc) is 2.99. The fourth-order valence-corrected chi connectivity index (χ4v) is 5.00. The van der Waals surface area contributed by atoms with Gasteiger partial charge < -0.3 is 18.9 Å². The maximum absolute atomic E-state index is 13.0. The van der Waals surface area contributed by atoms with Crippen LogP contribution in [0.25, 0.3) is 10.8 Å². The summed E-state index contributed by atoms with van der Waals surface area (Å²) in [6.07, 6.45) is 8.68. The normalized spacial score (nSPS) is 16.6. The molecule has 0 spiro atoms. The van der Waals surface area contributed by atoms with Gasteiger partial charge in [-0.05, 0) is 68.0 Å². The molecule has 1 aliphatic rings. The van der Waals surface area contributed by atoms with Crippen molar-refractivity contribution in [1.29, 1.82) is 0 Å². The Morgan fingerprint density at radius 1 is 0.850 bits per heavy atom. The zero-order chi connectivity index (χ0) is 28.3. The zero-order valence-electron chi connectivity index (χ0n) is 22.9. The Labute approximate surface area is 235 Å². The summed E-state index contributed by atoms with van der Waals surface area (Å²) in [6.45, 7) is 5.81. The molecule has 0 atom stereocenters.